The summed E-state index contributed by atoms with van der Waals surface area (Å²) in [7, 11) is -3.18. The van der Waals surface area contributed by atoms with Gasteiger partial charge in [-0.1, -0.05) is 29.8 Å². The lowest BCUT2D eigenvalue weighted by atomic mass is 9.92. The van der Waals surface area contributed by atoms with Gasteiger partial charge in [0.05, 0.1) is 5.75 Å². The Hall–Kier alpha value is -1.33. The summed E-state index contributed by atoms with van der Waals surface area (Å²) < 4.78 is 23.1. The maximum atomic E-state index is 12.5. The van der Waals surface area contributed by atoms with Crippen LogP contribution in [0.2, 0.25) is 5.02 Å². The second-order valence-corrected chi connectivity index (χ2v) is 8.82. The Morgan fingerprint density at radius 2 is 2.09 bits per heavy atom. The molecule has 0 heterocycles. The first-order valence-corrected chi connectivity index (χ1v) is 9.71. The molecule has 0 saturated heterocycles. The number of amides is 1. The van der Waals surface area contributed by atoms with Crippen molar-refractivity contribution in [1.82, 2.24) is 0 Å². The third-order valence-electron chi connectivity index (χ3n) is 4.36. The molecule has 0 spiro atoms. The highest BCUT2D eigenvalue weighted by Crippen LogP contribution is 2.44. The van der Waals surface area contributed by atoms with Crippen molar-refractivity contribution in [3.05, 3.63) is 40.9 Å². The van der Waals surface area contributed by atoms with Gasteiger partial charge in [0.1, 0.15) is 0 Å². The van der Waals surface area contributed by atoms with Gasteiger partial charge in [0.25, 0.3) is 0 Å². The zero-order chi connectivity index (χ0) is 15.9. The molecule has 3 atom stereocenters. The smallest absolute Gasteiger partial charge is 0.228 e. The molecule has 1 amide bonds. The number of benzene rings is 1. The molecular weight excluding hydrogens is 322 g/mol. The first kappa shape index (κ1) is 15.6. The standard InChI is InChI=1S/C16H18ClNO3S/c1-22(20,21)9-12-4-5-13(17)8-15(12)18-16(19)14-7-10-2-3-11(14)6-10/h2-5,8,10-11,14H,6-7,9H2,1H3,(H,18,19)/t10-,11-,14-/m0/s1. The lowest BCUT2D eigenvalue weighted by Crippen LogP contribution is -2.26. The summed E-state index contributed by atoms with van der Waals surface area (Å²) in [6.45, 7) is 0. The number of sulfone groups is 1. The molecule has 0 radical (unpaired) electrons. The van der Waals surface area contributed by atoms with E-state index in [0.717, 1.165) is 12.8 Å². The molecular formula is C16H18ClNO3S. The fourth-order valence-electron chi connectivity index (χ4n) is 3.38. The molecule has 0 aromatic heterocycles. The minimum atomic E-state index is -3.18. The third kappa shape index (κ3) is 3.36. The normalized spacial score (nSPS) is 26.4. The molecule has 1 N–H and O–H groups in total. The lowest BCUT2D eigenvalue weighted by Gasteiger charge is -2.19. The van der Waals surface area contributed by atoms with Crippen LogP contribution in [0.5, 0.6) is 0 Å². The van der Waals surface area contributed by atoms with Crippen LogP contribution in [0.15, 0.2) is 30.4 Å². The van der Waals surface area contributed by atoms with Crippen molar-refractivity contribution < 1.29 is 13.2 Å². The number of hydrogen-bond acceptors (Lipinski definition) is 3. The Bertz CT molecular complexity index is 742. The van der Waals surface area contributed by atoms with Crippen molar-refractivity contribution in [1.29, 1.82) is 0 Å². The van der Waals surface area contributed by atoms with Crippen molar-refractivity contribution in [3.63, 3.8) is 0 Å². The van der Waals surface area contributed by atoms with E-state index in [2.05, 4.69) is 17.5 Å². The van der Waals surface area contributed by atoms with E-state index in [-0.39, 0.29) is 17.6 Å². The Morgan fingerprint density at radius 3 is 2.68 bits per heavy atom. The number of fused-ring (bicyclic) bond motifs is 2. The fourth-order valence-corrected chi connectivity index (χ4v) is 4.37. The molecule has 2 aliphatic carbocycles. The zero-order valence-electron chi connectivity index (χ0n) is 12.3. The summed E-state index contributed by atoms with van der Waals surface area (Å²) >= 11 is 5.98. The first-order valence-electron chi connectivity index (χ1n) is 7.27. The molecule has 22 heavy (non-hydrogen) atoms. The third-order valence-corrected chi connectivity index (χ3v) is 5.43. The average Bonchev–Trinajstić information content (AvgIpc) is 3.03. The Morgan fingerprint density at radius 1 is 1.32 bits per heavy atom. The number of allylic oxidation sites excluding steroid dienone is 2. The Balaban J connectivity index is 1.80. The van der Waals surface area contributed by atoms with Crippen molar-refractivity contribution in [2.24, 2.45) is 17.8 Å². The van der Waals surface area contributed by atoms with Crippen molar-refractivity contribution in [2.75, 3.05) is 11.6 Å². The predicted molar refractivity (Wildman–Crippen MR) is 87.5 cm³/mol. The number of carbonyl (C=O) groups excluding carboxylic acids is 1. The monoisotopic (exact) mass is 339 g/mol. The topological polar surface area (TPSA) is 63.2 Å². The van der Waals surface area contributed by atoms with Gasteiger partial charge in [-0.25, -0.2) is 8.42 Å². The van der Waals surface area contributed by atoms with Crippen molar-refractivity contribution >= 4 is 33.0 Å². The van der Waals surface area contributed by atoms with Gasteiger partial charge in [0.15, 0.2) is 9.84 Å². The van der Waals surface area contributed by atoms with Crippen LogP contribution in [0, 0.1) is 17.8 Å². The molecule has 6 heteroatoms. The Kier molecular flexibility index (Phi) is 4.03. The summed E-state index contributed by atoms with van der Waals surface area (Å²) in [5.41, 5.74) is 1.06. The average molecular weight is 340 g/mol. The second-order valence-electron chi connectivity index (χ2n) is 6.25. The van der Waals surface area contributed by atoms with Crippen LogP contribution in [-0.4, -0.2) is 20.6 Å². The van der Waals surface area contributed by atoms with Gasteiger partial charge < -0.3 is 5.32 Å². The van der Waals surface area contributed by atoms with Gasteiger partial charge in [-0.3, -0.25) is 4.79 Å². The highest BCUT2D eigenvalue weighted by Gasteiger charge is 2.39. The molecule has 0 aliphatic heterocycles. The SMILES string of the molecule is CS(=O)(=O)Cc1ccc(Cl)cc1NC(=O)[C@H]1C[C@H]2C=C[C@H]1C2. The van der Waals surface area contributed by atoms with E-state index in [0.29, 0.717) is 28.1 Å². The summed E-state index contributed by atoms with van der Waals surface area (Å²) in [6.07, 6.45) is 7.39. The van der Waals surface area contributed by atoms with Crippen LogP contribution in [0.3, 0.4) is 0 Å². The minimum absolute atomic E-state index is 0.0277. The number of hydrogen-bond donors (Lipinski definition) is 1. The number of halogens is 1. The Labute approximate surface area is 135 Å². The predicted octanol–water partition coefficient (Wildman–Crippen LogP) is 3.04. The van der Waals surface area contributed by atoms with E-state index >= 15 is 0 Å². The van der Waals surface area contributed by atoms with E-state index < -0.39 is 9.84 Å². The first-order chi connectivity index (χ1) is 10.3. The molecule has 118 valence electrons. The van der Waals surface area contributed by atoms with Crippen LogP contribution in [0.1, 0.15) is 18.4 Å². The minimum Gasteiger partial charge on any atom is -0.325 e. The highest BCUT2D eigenvalue weighted by molar-refractivity contribution is 7.89. The van der Waals surface area contributed by atoms with Crippen molar-refractivity contribution in [2.45, 2.75) is 18.6 Å². The van der Waals surface area contributed by atoms with Crippen LogP contribution < -0.4 is 5.32 Å². The summed E-state index contributed by atoms with van der Waals surface area (Å²) in [5, 5.41) is 3.35. The van der Waals surface area contributed by atoms with E-state index in [1.165, 1.54) is 6.26 Å². The van der Waals surface area contributed by atoms with E-state index in [4.69, 9.17) is 11.6 Å². The highest BCUT2D eigenvalue weighted by atomic mass is 35.5. The van der Waals surface area contributed by atoms with Gasteiger partial charge in [-0.05, 0) is 42.4 Å². The summed E-state index contributed by atoms with van der Waals surface area (Å²) in [5.74, 6) is 0.628. The number of rotatable bonds is 4. The quantitative estimate of drug-likeness (QED) is 0.857. The van der Waals surface area contributed by atoms with Gasteiger partial charge in [-0.2, -0.15) is 0 Å². The summed E-state index contributed by atoms with van der Waals surface area (Å²) in [6, 6.07) is 4.90. The van der Waals surface area contributed by atoms with Gasteiger partial charge in [0.2, 0.25) is 5.91 Å². The fraction of sp³-hybridized carbons (Fsp3) is 0.438. The largest absolute Gasteiger partial charge is 0.325 e. The van der Waals surface area contributed by atoms with Crippen LogP contribution in [0.4, 0.5) is 5.69 Å². The van der Waals surface area contributed by atoms with Gasteiger partial charge in [-0.15, -0.1) is 0 Å². The molecule has 2 bridgehead atoms. The summed E-state index contributed by atoms with van der Waals surface area (Å²) in [4.78, 5) is 12.5. The second kappa shape index (κ2) is 5.70. The molecule has 3 rings (SSSR count). The van der Waals surface area contributed by atoms with Crippen LogP contribution in [-0.2, 0) is 20.4 Å². The molecule has 1 fully saturated rings. The molecule has 1 aromatic rings. The van der Waals surface area contributed by atoms with Crippen LogP contribution >= 0.6 is 11.6 Å². The maximum absolute atomic E-state index is 12.5. The zero-order valence-corrected chi connectivity index (χ0v) is 13.8. The number of nitrogens with one attached hydrogen (secondary N) is 1. The van der Waals surface area contributed by atoms with E-state index in [1.807, 2.05) is 0 Å². The number of anilines is 1. The van der Waals surface area contributed by atoms with Crippen molar-refractivity contribution in [3.8, 4) is 0 Å². The molecule has 2 aliphatic rings. The molecule has 0 unspecified atom stereocenters. The molecule has 1 saturated carbocycles. The van der Waals surface area contributed by atoms with Crippen LogP contribution in [0.25, 0.3) is 0 Å². The van der Waals surface area contributed by atoms with E-state index in [1.54, 1.807) is 18.2 Å². The lowest BCUT2D eigenvalue weighted by molar-refractivity contribution is -0.120. The van der Waals surface area contributed by atoms with Gasteiger partial charge in [0, 0.05) is 22.9 Å². The number of carbonyl (C=O) groups is 1. The van der Waals surface area contributed by atoms with E-state index in [9.17, 15) is 13.2 Å². The van der Waals surface area contributed by atoms with Gasteiger partial charge >= 0.3 is 0 Å². The molecule has 1 aromatic carbocycles. The maximum Gasteiger partial charge on any atom is 0.228 e. The molecule has 4 nitrogen and oxygen atoms in total.